The maximum absolute atomic E-state index is 12.8. The van der Waals surface area contributed by atoms with Crippen molar-refractivity contribution >= 4 is 23.7 Å². The van der Waals surface area contributed by atoms with Crippen molar-refractivity contribution in [3.05, 3.63) is 119 Å². The number of ether oxygens (including phenoxy) is 3. The summed E-state index contributed by atoms with van der Waals surface area (Å²) < 4.78 is 17.4. The number of rotatable bonds is 12. The van der Waals surface area contributed by atoms with Crippen LogP contribution in [0.5, 0.6) is 17.2 Å². The predicted octanol–water partition coefficient (Wildman–Crippen LogP) is 6.06. The summed E-state index contributed by atoms with van der Waals surface area (Å²) in [4.78, 5) is 25.2. The average Bonchev–Trinajstić information content (AvgIpc) is 2.98. The largest absolute Gasteiger partial charge is 0.490 e. The lowest BCUT2D eigenvalue weighted by atomic mass is 10.1. The van der Waals surface area contributed by atoms with Crippen molar-refractivity contribution in [3.63, 3.8) is 0 Å². The molecule has 2 N–H and O–H groups in total. The lowest BCUT2D eigenvalue weighted by molar-refractivity contribution is -0.118. The van der Waals surface area contributed by atoms with Gasteiger partial charge in [0.15, 0.2) is 18.1 Å². The minimum atomic E-state index is -0.414. The van der Waals surface area contributed by atoms with Crippen LogP contribution in [-0.4, -0.2) is 31.2 Å². The Kier molecular flexibility index (Phi) is 10.1. The molecular weight excluding hydrogens is 518 g/mol. The second-order valence-corrected chi connectivity index (χ2v) is 9.24. The van der Waals surface area contributed by atoms with E-state index in [1.54, 1.807) is 36.4 Å². The van der Waals surface area contributed by atoms with Crippen LogP contribution in [0, 0.1) is 13.8 Å². The van der Waals surface area contributed by atoms with E-state index in [4.69, 9.17) is 14.2 Å². The third-order valence-electron chi connectivity index (χ3n) is 6.18. The molecule has 41 heavy (non-hydrogen) atoms. The van der Waals surface area contributed by atoms with Gasteiger partial charge in [0.2, 0.25) is 0 Å². The molecule has 0 heterocycles. The molecule has 2 amide bonds. The van der Waals surface area contributed by atoms with E-state index in [2.05, 4.69) is 15.8 Å². The molecule has 0 fully saturated rings. The highest BCUT2D eigenvalue weighted by molar-refractivity contribution is 5.96. The molecule has 0 atom stereocenters. The molecule has 0 saturated carbocycles. The highest BCUT2D eigenvalue weighted by atomic mass is 16.5. The lowest BCUT2D eigenvalue weighted by Gasteiger charge is -2.13. The van der Waals surface area contributed by atoms with Crippen molar-refractivity contribution in [2.24, 2.45) is 5.10 Å². The van der Waals surface area contributed by atoms with Gasteiger partial charge in [-0.15, -0.1) is 0 Å². The number of para-hydroxylation sites is 1. The van der Waals surface area contributed by atoms with Crippen molar-refractivity contribution < 1.29 is 23.8 Å². The molecule has 8 heteroatoms. The molecule has 4 aromatic rings. The van der Waals surface area contributed by atoms with Crippen molar-refractivity contribution in [2.75, 3.05) is 18.5 Å². The van der Waals surface area contributed by atoms with Crippen LogP contribution in [-0.2, 0) is 11.4 Å². The number of nitrogens with one attached hydrogen (secondary N) is 2. The average molecular weight is 552 g/mol. The SMILES string of the molecule is CCOc1cc(C(=O)N/N=C/c2ccccc2OCC(=O)Nc2ccc(C)c(C)c2)ccc1OCc1ccccc1. The van der Waals surface area contributed by atoms with Gasteiger partial charge in [-0.1, -0.05) is 48.5 Å². The Labute approximate surface area is 240 Å². The van der Waals surface area contributed by atoms with Gasteiger partial charge in [-0.25, -0.2) is 5.43 Å². The molecule has 0 radical (unpaired) electrons. The summed E-state index contributed by atoms with van der Waals surface area (Å²) in [5, 5.41) is 6.92. The molecule has 0 unspecified atom stereocenters. The second-order valence-electron chi connectivity index (χ2n) is 9.24. The van der Waals surface area contributed by atoms with Crippen molar-refractivity contribution in [3.8, 4) is 17.2 Å². The number of carbonyl (C=O) groups excluding carboxylic acids is 2. The van der Waals surface area contributed by atoms with E-state index in [0.717, 1.165) is 16.7 Å². The maximum atomic E-state index is 12.8. The third-order valence-corrected chi connectivity index (χ3v) is 6.18. The number of aryl methyl sites for hydroxylation is 2. The summed E-state index contributed by atoms with van der Waals surface area (Å²) in [6, 6.07) is 27.6. The number of hydrogen-bond donors (Lipinski definition) is 2. The van der Waals surface area contributed by atoms with Gasteiger partial charge in [0.05, 0.1) is 12.8 Å². The molecule has 0 spiro atoms. The molecule has 8 nitrogen and oxygen atoms in total. The fourth-order valence-electron chi connectivity index (χ4n) is 3.88. The molecule has 0 saturated heterocycles. The predicted molar refractivity (Wildman–Crippen MR) is 160 cm³/mol. The number of hydrogen-bond acceptors (Lipinski definition) is 6. The quantitative estimate of drug-likeness (QED) is 0.165. The minimum absolute atomic E-state index is 0.178. The Hall–Kier alpha value is -5.11. The van der Waals surface area contributed by atoms with Crippen molar-refractivity contribution in [2.45, 2.75) is 27.4 Å². The normalized spacial score (nSPS) is 10.7. The van der Waals surface area contributed by atoms with Crippen LogP contribution in [0.1, 0.15) is 39.5 Å². The number of nitrogens with zero attached hydrogens (tertiary/aromatic N) is 1. The number of anilines is 1. The Morgan fingerprint density at radius 1 is 0.780 bits per heavy atom. The molecule has 0 aromatic heterocycles. The van der Waals surface area contributed by atoms with E-state index < -0.39 is 5.91 Å². The summed E-state index contributed by atoms with van der Waals surface area (Å²) in [7, 11) is 0. The van der Waals surface area contributed by atoms with E-state index in [0.29, 0.717) is 47.3 Å². The smallest absolute Gasteiger partial charge is 0.271 e. The Morgan fingerprint density at radius 2 is 1.56 bits per heavy atom. The fourth-order valence-corrected chi connectivity index (χ4v) is 3.88. The third kappa shape index (κ3) is 8.44. The summed E-state index contributed by atoms with van der Waals surface area (Å²) in [5.41, 5.74) is 7.48. The molecule has 4 aromatic carbocycles. The minimum Gasteiger partial charge on any atom is -0.490 e. The zero-order valence-corrected chi connectivity index (χ0v) is 23.3. The van der Waals surface area contributed by atoms with Crippen molar-refractivity contribution in [1.29, 1.82) is 0 Å². The molecule has 0 aliphatic heterocycles. The van der Waals surface area contributed by atoms with Crippen LogP contribution in [0.4, 0.5) is 5.69 Å². The van der Waals surface area contributed by atoms with Gasteiger partial charge in [0, 0.05) is 16.8 Å². The summed E-state index contributed by atoms with van der Waals surface area (Å²) in [5.74, 6) is 0.776. The molecule has 0 aliphatic rings. The summed E-state index contributed by atoms with van der Waals surface area (Å²) in [6.07, 6.45) is 1.47. The van der Waals surface area contributed by atoms with Gasteiger partial charge < -0.3 is 19.5 Å². The highest BCUT2D eigenvalue weighted by Crippen LogP contribution is 2.29. The number of hydrazone groups is 1. The Balaban J connectivity index is 1.34. The van der Waals surface area contributed by atoms with Gasteiger partial charge in [-0.2, -0.15) is 5.10 Å². The number of carbonyl (C=O) groups is 2. The van der Waals surface area contributed by atoms with Crippen molar-refractivity contribution in [1.82, 2.24) is 5.43 Å². The molecule has 210 valence electrons. The molecule has 0 aliphatic carbocycles. The standard InChI is InChI=1S/C33H33N3O5/c1-4-39-31-19-26(15-17-30(31)40-21-25-10-6-5-7-11-25)33(38)36-34-20-27-12-8-9-13-29(27)41-22-32(37)35-28-16-14-23(2)24(3)18-28/h5-20H,4,21-22H2,1-3H3,(H,35,37)(H,36,38)/b34-20+. The van der Waals surface area contributed by atoms with Crippen LogP contribution in [0.15, 0.2) is 96.1 Å². The van der Waals surface area contributed by atoms with Crippen LogP contribution in [0.2, 0.25) is 0 Å². The van der Waals surface area contributed by atoms with Gasteiger partial charge in [0.25, 0.3) is 11.8 Å². The van der Waals surface area contributed by atoms with E-state index in [1.165, 1.54) is 6.21 Å². The second kappa shape index (κ2) is 14.3. The van der Waals surface area contributed by atoms with Crippen LogP contribution in [0.25, 0.3) is 0 Å². The van der Waals surface area contributed by atoms with E-state index in [9.17, 15) is 9.59 Å². The highest BCUT2D eigenvalue weighted by Gasteiger charge is 2.12. The summed E-state index contributed by atoms with van der Waals surface area (Å²) in [6.45, 7) is 6.50. The van der Waals surface area contributed by atoms with Gasteiger partial charge in [-0.3, -0.25) is 9.59 Å². The lowest BCUT2D eigenvalue weighted by Crippen LogP contribution is -2.21. The monoisotopic (exact) mass is 551 g/mol. The van der Waals surface area contributed by atoms with Crippen LogP contribution < -0.4 is 25.0 Å². The number of amides is 2. The summed E-state index contributed by atoms with van der Waals surface area (Å²) >= 11 is 0. The van der Waals surface area contributed by atoms with Gasteiger partial charge >= 0.3 is 0 Å². The van der Waals surface area contributed by atoms with E-state index in [1.807, 2.05) is 75.4 Å². The van der Waals surface area contributed by atoms with E-state index in [-0.39, 0.29) is 12.5 Å². The van der Waals surface area contributed by atoms with Crippen LogP contribution in [0.3, 0.4) is 0 Å². The molecule has 4 rings (SSSR count). The van der Waals surface area contributed by atoms with Crippen LogP contribution >= 0.6 is 0 Å². The van der Waals surface area contributed by atoms with E-state index >= 15 is 0 Å². The first kappa shape index (κ1) is 28.9. The zero-order valence-electron chi connectivity index (χ0n) is 23.3. The van der Waals surface area contributed by atoms with Gasteiger partial charge in [-0.05, 0) is 79.9 Å². The zero-order chi connectivity index (χ0) is 29.0. The first-order valence-electron chi connectivity index (χ1n) is 13.3. The molecular formula is C33H33N3O5. The fraction of sp³-hybridized carbons (Fsp3) is 0.182. The Morgan fingerprint density at radius 3 is 2.34 bits per heavy atom. The maximum Gasteiger partial charge on any atom is 0.271 e. The Bertz CT molecular complexity index is 1520. The number of benzene rings is 4. The first-order valence-corrected chi connectivity index (χ1v) is 13.3. The van der Waals surface area contributed by atoms with Gasteiger partial charge in [0.1, 0.15) is 12.4 Å². The topological polar surface area (TPSA) is 98.3 Å². The molecule has 0 bridgehead atoms. The first-order chi connectivity index (χ1) is 19.9.